The molecular formula is C20H22ClF3N2O2. The van der Waals surface area contributed by atoms with Crippen LogP contribution in [0.5, 0.6) is 0 Å². The summed E-state index contributed by atoms with van der Waals surface area (Å²) < 4.78 is 43.2. The number of hydrogen-bond acceptors (Lipinski definition) is 3. The van der Waals surface area contributed by atoms with E-state index in [0.717, 1.165) is 17.7 Å². The predicted octanol–water partition coefficient (Wildman–Crippen LogP) is 6.21. The van der Waals surface area contributed by atoms with Gasteiger partial charge < -0.3 is 9.64 Å². The van der Waals surface area contributed by atoms with E-state index in [1.165, 1.54) is 12.1 Å². The van der Waals surface area contributed by atoms with Crippen molar-refractivity contribution in [1.29, 1.82) is 0 Å². The third-order valence-electron chi connectivity index (χ3n) is 4.01. The molecule has 152 valence electrons. The van der Waals surface area contributed by atoms with Gasteiger partial charge in [-0.05, 0) is 35.7 Å². The average molecular weight is 415 g/mol. The highest BCUT2D eigenvalue weighted by molar-refractivity contribution is 6.34. The summed E-state index contributed by atoms with van der Waals surface area (Å²) in [5.74, 6) is 0. The van der Waals surface area contributed by atoms with E-state index in [0.29, 0.717) is 23.9 Å². The van der Waals surface area contributed by atoms with Crippen LogP contribution in [0.25, 0.3) is 0 Å². The molecule has 1 unspecified atom stereocenters. The van der Waals surface area contributed by atoms with E-state index in [-0.39, 0.29) is 5.56 Å². The Kier molecular flexibility index (Phi) is 7.99. The molecule has 1 atom stereocenters. The molecule has 0 aromatic heterocycles. The van der Waals surface area contributed by atoms with E-state index in [1.54, 1.807) is 30.3 Å². The zero-order chi connectivity index (χ0) is 20.7. The number of halogens is 4. The molecule has 1 N–H and O–H groups in total. The van der Waals surface area contributed by atoms with Gasteiger partial charge in [0.1, 0.15) is 0 Å². The molecule has 0 saturated carbocycles. The lowest BCUT2D eigenvalue weighted by molar-refractivity contribution is 0.0495. The monoisotopic (exact) mass is 414 g/mol. The molecule has 0 fully saturated rings. The molecule has 0 aliphatic rings. The molecular weight excluding hydrogens is 393 g/mol. The van der Waals surface area contributed by atoms with Crippen LogP contribution in [0.15, 0.2) is 42.5 Å². The summed E-state index contributed by atoms with van der Waals surface area (Å²) in [7, 11) is 1.83. The zero-order valence-corrected chi connectivity index (χ0v) is 16.3. The quantitative estimate of drug-likeness (QED) is 0.558. The maximum atomic E-state index is 13.3. The smallest absolute Gasteiger partial charge is 0.411 e. The van der Waals surface area contributed by atoms with Crippen molar-refractivity contribution in [3.63, 3.8) is 0 Å². The number of rotatable bonds is 8. The summed E-state index contributed by atoms with van der Waals surface area (Å²) in [6.45, 7) is 2.68. The van der Waals surface area contributed by atoms with Crippen LogP contribution < -0.4 is 10.2 Å². The number of alkyl halides is 3. The Balaban J connectivity index is 2.01. The number of amides is 1. The van der Waals surface area contributed by atoms with Crippen molar-refractivity contribution in [3.8, 4) is 0 Å². The van der Waals surface area contributed by atoms with Crippen molar-refractivity contribution in [1.82, 2.24) is 0 Å². The van der Waals surface area contributed by atoms with E-state index in [2.05, 4.69) is 5.32 Å². The van der Waals surface area contributed by atoms with Crippen molar-refractivity contribution in [2.45, 2.75) is 32.5 Å². The van der Waals surface area contributed by atoms with Gasteiger partial charge in [-0.25, -0.2) is 18.0 Å². The van der Waals surface area contributed by atoms with Gasteiger partial charge in [-0.15, -0.1) is 0 Å². The highest BCUT2D eigenvalue weighted by Gasteiger charge is 2.21. The van der Waals surface area contributed by atoms with Crippen molar-refractivity contribution in [2.75, 3.05) is 23.9 Å². The SMILES string of the molecule is CCCOC(=O)Nc1ccc(N(C)Cc2ccc(C(F)C(F)F)cc2)cc1Cl. The lowest BCUT2D eigenvalue weighted by Crippen LogP contribution is -2.17. The van der Waals surface area contributed by atoms with Gasteiger partial charge in [-0.2, -0.15) is 0 Å². The van der Waals surface area contributed by atoms with Crippen LogP contribution in [0.4, 0.5) is 29.3 Å². The van der Waals surface area contributed by atoms with E-state index < -0.39 is 18.7 Å². The van der Waals surface area contributed by atoms with Gasteiger partial charge in [-0.1, -0.05) is 42.8 Å². The summed E-state index contributed by atoms with van der Waals surface area (Å²) in [6.07, 6.45) is -5.17. The minimum absolute atomic E-state index is 0.0465. The van der Waals surface area contributed by atoms with Gasteiger partial charge in [-0.3, -0.25) is 5.32 Å². The topological polar surface area (TPSA) is 41.6 Å². The Labute approximate surface area is 167 Å². The van der Waals surface area contributed by atoms with Gasteiger partial charge in [0.25, 0.3) is 6.43 Å². The Bertz CT molecular complexity index is 788. The number of ether oxygens (including phenoxy) is 1. The second-order valence-electron chi connectivity index (χ2n) is 6.26. The standard InChI is InChI=1S/C20H22ClF3N2O2/c1-3-10-28-20(27)25-17-9-8-15(11-16(17)21)26(2)12-13-4-6-14(7-5-13)18(22)19(23)24/h4-9,11,18-19H,3,10,12H2,1-2H3,(H,25,27). The highest BCUT2D eigenvalue weighted by atomic mass is 35.5. The maximum Gasteiger partial charge on any atom is 0.411 e. The van der Waals surface area contributed by atoms with Crippen molar-refractivity contribution < 1.29 is 22.7 Å². The van der Waals surface area contributed by atoms with Crippen LogP contribution in [-0.2, 0) is 11.3 Å². The maximum absolute atomic E-state index is 13.3. The second kappa shape index (κ2) is 10.2. The average Bonchev–Trinajstić information content (AvgIpc) is 2.67. The number of nitrogens with one attached hydrogen (secondary N) is 1. The normalized spacial score (nSPS) is 12.0. The van der Waals surface area contributed by atoms with Crippen LogP contribution in [-0.4, -0.2) is 26.2 Å². The summed E-state index contributed by atoms with van der Waals surface area (Å²) >= 11 is 6.23. The number of carbonyl (C=O) groups is 1. The molecule has 0 radical (unpaired) electrons. The van der Waals surface area contributed by atoms with Gasteiger partial charge >= 0.3 is 6.09 Å². The summed E-state index contributed by atoms with van der Waals surface area (Å²) in [4.78, 5) is 13.5. The van der Waals surface area contributed by atoms with Crippen molar-refractivity contribution in [3.05, 3.63) is 58.6 Å². The number of hydrogen-bond donors (Lipinski definition) is 1. The van der Waals surface area contributed by atoms with Crippen LogP contribution >= 0.6 is 11.6 Å². The molecule has 0 bridgehead atoms. The van der Waals surface area contributed by atoms with E-state index in [4.69, 9.17) is 16.3 Å². The fourth-order valence-corrected chi connectivity index (χ4v) is 2.72. The highest BCUT2D eigenvalue weighted by Crippen LogP contribution is 2.29. The summed E-state index contributed by atoms with van der Waals surface area (Å²) in [6, 6.07) is 11.1. The van der Waals surface area contributed by atoms with E-state index >= 15 is 0 Å². The molecule has 28 heavy (non-hydrogen) atoms. The molecule has 2 aromatic carbocycles. The second-order valence-corrected chi connectivity index (χ2v) is 6.67. The van der Waals surface area contributed by atoms with Crippen LogP contribution in [0.1, 0.15) is 30.6 Å². The number of carbonyl (C=O) groups excluding carboxylic acids is 1. The first-order valence-corrected chi connectivity index (χ1v) is 9.15. The number of anilines is 2. The Morgan fingerprint density at radius 3 is 2.43 bits per heavy atom. The van der Waals surface area contributed by atoms with Crippen molar-refractivity contribution in [2.24, 2.45) is 0 Å². The van der Waals surface area contributed by atoms with Crippen LogP contribution in [0.2, 0.25) is 5.02 Å². The molecule has 0 aliphatic carbocycles. The Hall–Kier alpha value is -2.41. The summed E-state index contributed by atoms with van der Waals surface area (Å²) in [5.41, 5.74) is 2.01. The van der Waals surface area contributed by atoms with Gasteiger partial charge in [0.2, 0.25) is 0 Å². The fourth-order valence-electron chi connectivity index (χ4n) is 2.50. The van der Waals surface area contributed by atoms with Gasteiger partial charge in [0.15, 0.2) is 6.17 Å². The van der Waals surface area contributed by atoms with E-state index in [1.807, 2.05) is 18.9 Å². The molecule has 4 nitrogen and oxygen atoms in total. The largest absolute Gasteiger partial charge is 0.449 e. The summed E-state index contributed by atoms with van der Waals surface area (Å²) in [5, 5.41) is 2.93. The van der Waals surface area contributed by atoms with Crippen LogP contribution in [0, 0.1) is 0 Å². The molecule has 0 saturated heterocycles. The number of nitrogens with zero attached hydrogens (tertiary/aromatic N) is 1. The Morgan fingerprint density at radius 1 is 1.18 bits per heavy atom. The van der Waals surface area contributed by atoms with Crippen molar-refractivity contribution >= 4 is 29.1 Å². The van der Waals surface area contributed by atoms with Gasteiger partial charge in [0, 0.05) is 19.3 Å². The predicted molar refractivity (Wildman–Crippen MR) is 105 cm³/mol. The molecule has 8 heteroatoms. The molecule has 2 rings (SSSR count). The number of benzene rings is 2. The first-order valence-electron chi connectivity index (χ1n) is 8.77. The third kappa shape index (κ3) is 6.05. The lowest BCUT2D eigenvalue weighted by Gasteiger charge is -2.21. The Morgan fingerprint density at radius 2 is 1.86 bits per heavy atom. The minimum Gasteiger partial charge on any atom is -0.449 e. The van der Waals surface area contributed by atoms with Gasteiger partial charge in [0.05, 0.1) is 17.3 Å². The van der Waals surface area contributed by atoms with E-state index in [9.17, 15) is 18.0 Å². The first kappa shape index (κ1) is 21.9. The molecule has 0 heterocycles. The fraction of sp³-hybridized carbons (Fsp3) is 0.350. The molecule has 0 aliphatic heterocycles. The first-order chi connectivity index (χ1) is 13.3. The third-order valence-corrected chi connectivity index (χ3v) is 4.32. The molecule has 0 spiro atoms. The minimum atomic E-state index is -3.04. The zero-order valence-electron chi connectivity index (χ0n) is 15.6. The lowest BCUT2D eigenvalue weighted by atomic mass is 10.1. The molecule has 2 aromatic rings. The van der Waals surface area contributed by atoms with Crippen LogP contribution in [0.3, 0.4) is 0 Å². The molecule has 1 amide bonds.